The van der Waals surface area contributed by atoms with Gasteiger partial charge in [0, 0.05) is 24.8 Å². The molecule has 0 saturated carbocycles. The van der Waals surface area contributed by atoms with Gasteiger partial charge in [-0.3, -0.25) is 9.59 Å². The summed E-state index contributed by atoms with van der Waals surface area (Å²) in [7, 11) is 0. The van der Waals surface area contributed by atoms with E-state index < -0.39 is 0 Å². The van der Waals surface area contributed by atoms with Gasteiger partial charge in [-0.05, 0) is 19.3 Å². The summed E-state index contributed by atoms with van der Waals surface area (Å²) in [4.78, 5) is 28.5. The third-order valence-electron chi connectivity index (χ3n) is 5.57. The Kier molecular flexibility index (Phi) is 11.7. The van der Waals surface area contributed by atoms with Crippen LogP contribution < -0.4 is 5.32 Å². The van der Waals surface area contributed by atoms with Crippen LogP contribution in [0.5, 0.6) is 0 Å². The van der Waals surface area contributed by atoms with E-state index in [0.29, 0.717) is 36.7 Å². The molecule has 1 aromatic heterocycles. The molecule has 5 nitrogen and oxygen atoms in total. The fourth-order valence-electron chi connectivity index (χ4n) is 3.62. The molecular weight excluding hydrogens is 388 g/mol. The zero-order valence-electron chi connectivity index (χ0n) is 19.2. The van der Waals surface area contributed by atoms with Gasteiger partial charge in [-0.1, -0.05) is 82.7 Å². The molecule has 1 unspecified atom stereocenters. The van der Waals surface area contributed by atoms with Crippen molar-refractivity contribution in [1.29, 1.82) is 0 Å². The summed E-state index contributed by atoms with van der Waals surface area (Å²) >= 11 is 0. The predicted molar refractivity (Wildman–Crippen MR) is 125 cm³/mol. The Bertz CT molecular complexity index is 770. The van der Waals surface area contributed by atoms with Crippen molar-refractivity contribution < 1.29 is 14.0 Å². The van der Waals surface area contributed by atoms with Crippen molar-refractivity contribution in [1.82, 2.24) is 10.3 Å². The van der Waals surface area contributed by atoms with Crippen molar-refractivity contribution in [3.63, 3.8) is 0 Å². The molecule has 1 N–H and O–H groups in total. The lowest BCUT2D eigenvalue weighted by atomic mass is 10.0. The number of amides is 1. The summed E-state index contributed by atoms with van der Waals surface area (Å²) in [5, 5.41) is 3.14. The first kappa shape index (κ1) is 24.8. The highest BCUT2D eigenvalue weighted by Crippen LogP contribution is 2.26. The molecule has 1 atom stereocenters. The van der Waals surface area contributed by atoms with Gasteiger partial charge in [-0.15, -0.1) is 0 Å². The van der Waals surface area contributed by atoms with Crippen LogP contribution in [0.4, 0.5) is 0 Å². The minimum atomic E-state index is -0.234. The van der Waals surface area contributed by atoms with E-state index in [1.54, 1.807) is 6.20 Å². The maximum Gasteiger partial charge on any atom is 0.220 e. The molecule has 1 amide bonds. The van der Waals surface area contributed by atoms with E-state index in [9.17, 15) is 9.59 Å². The number of nitrogens with one attached hydrogen (secondary N) is 1. The van der Waals surface area contributed by atoms with Crippen LogP contribution in [-0.4, -0.2) is 16.7 Å². The van der Waals surface area contributed by atoms with E-state index >= 15 is 0 Å². The van der Waals surface area contributed by atoms with Crippen molar-refractivity contribution in [2.75, 3.05) is 0 Å². The highest BCUT2D eigenvalue weighted by molar-refractivity contribution is 5.77. The second-order valence-electron chi connectivity index (χ2n) is 8.20. The monoisotopic (exact) mass is 426 g/mol. The smallest absolute Gasteiger partial charge is 0.220 e. The highest BCUT2D eigenvalue weighted by Gasteiger charge is 2.20. The van der Waals surface area contributed by atoms with Crippen LogP contribution in [-0.2, 0) is 9.59 Å². The number of carbonyl (C=O) groups is 2. The maximum atomic E-state index is 12.5. The summed E-state index contributed by atoms with van der Waals surface area (Å²) < 4.78 is 6.02. The fraction of sp³-hybridized carbons (Fsp3) is 0.577. The van der Waals surface area contributed by atoms with Crippen LogP contribution in [0.25, 0.3) is 11.3 Å². The average molecular weight is 427 g/mol. The van der Waals surface area contributed by atoms with Gasteiger partial charge in [-0.2, -0.15) is 0 Å². The minimum Gasteiger partial charge on any atom is -0.438 e. The summed E-state index contributed by atoms with van der Waals surface area (Å²) in [6.45, 7) is 4.10. The van der Waals surface area contributed by atoms with Crippen LogP contribution in [0.15, 0.2) is 40.9 Å². The molecule has 2 aromatic rings. The van der Waals surface area contributed by atoms with Gasteiger partial charge in [0.05, 0.1) is 6.20 Å². The lowest BCUT2D eigenvalue weighted by molar-refractivity contribution is -0.122. The lowest BCUT2D eigenvalue weighted by Gasteiger charge is -2.16. The molecule has 1 aromatic carbocycles. The van der Waals surface area contributed by atoms with Gasteiger partial charge in [0.1, 0.15) is 11.8 Å². The summed E-state index contributed by atoms with van der Waals surface area (Å²) in [6.07, 6.45) is 12.7. The SMILES string of the molecule is CCCCCCCC(=O)NC(CCCCCC(=O)CC)c1ncc(-c2ccccc2)o1. The number of hydrogen-bond donors (Lipinski definition) is 1. The molecule has 0 saturated heterocycles. The number of carbonyl (C=O) groups excluding carboxylic acids is 2. The van der Waals surface area contributed by atoms with Crippen molar-refractivity contribution >= 4 is 11.7 Å². The third kappa shape index (κ3) is 9.50. The first-order chi connectivity index (χ1) is 15.1. The number of Topliss-reactive ketones (excluding diaryl/α,β-unsaturated/α-hetero) is 1. The number of ketones is 1. The number of oxazole rings is 1. The van der Waals surface area contributed by atoms with Crippen LogP contribution >= 0.6 is 0 Å². The van der Waals surface area contributed by atoms with E-state index in [0.717, 1.165) is 44.1 Å². The van der Waals surface area contributed by atoms with Crippen LogP contribution in [0.1, 0.15) is 103 Å². The van der Waals surface area contributed by atoms with Crippen molar-refractivity contribution in [3.8, 4) is 11.3 Å². The zero-order chi connectivity index (χ0) is 22.3. The molecule has 0 aliphatic rings. The van der Waals surface area contributed by atoms with E-state index in [1.807, 2.05) is 37.3 Å². The first-order valence-corrected chi connectivity index (χ1v) is 12.0. The second-order valence-corrected chi connectivity index (χ2v) is 8.20. The van der Waals surface area contributed by atoms with E-state index in [-0.39, 0.29) is 11.9 Å². The van der Waals surface area contributed by atoms with Crippen LogP contribution in [0, 0.1) is 0 Å². The number of nitrogens with zero attached hydrogens (tertiary/aromatic N) is 1. The highest BCUT2D eigenvalue weighted by atomic mass is 16.4. The number of benzene rings is 1. The Morgan fingerprint density at radius 3 is 2.39 bits per heavy atom. The van der Waals surface area contributed by atoms with Gasteiger partial charge in [0.25, 0.3) is 0 Å². The Morgan fingerprint density at radius 2 is 1.65 bits per heavy atom. The number of rotatable bonds is 16. The van der Waals surface area contributed by atoms with Gasteiger partial charge in [0.2, 0.25) is 11.8 Å². The van der Waals surface area contributed by atoms with Gasteiger partial charge in [-0.25, -0.2) is 4.98 Å². The Labute approximate surface area is 187 Å². The second kappa shape index (κ2) is 14.6. The van der Waals surface area contributed by atoms with Crippen molar-refractivity contribution in [2.24, 2.45) is 0 Å². The molecular formula is C26H38N2O3. The molecule has 0 fully saturated rings. The van der Waals surface area contributed by atoms with E-state index in [2.05, 4.69) is 17.2 Å². The number of aromatic nitrogens is 1. The van der Waals surface area contributed by atoms with Gasteiger partial charge < -0.3 is 9.73 Å². The maximum absolute atomic E-state index is 12.5. The normalized spacial score (nSPS) is 11.9. The third-order valence-corrected chi connectivity index (χ3v) is 5.57. The van der Waals surface area contributed by atoms with Gasteiger partial charge >= 0.3 is 0 Å². The van der Waals surface area contributed by atoms with Gasteiger partial charge in [0.15, 0.2) is 5.76 Å². The first-order valence-electron chi connectivity index (χ1n) is 12.0. The van der Waals surface area contributed by atoms with Crippen LogP contribution in [0.3, 0.4) is 0 Å². The largest absolute Gasteiger partial charge is 0.438 e. The zero-order valence-corrected chi connectivity index (χ0v) is 19.2. The molecule has 0 radical (unpaired) electrons. The number of hydrogen-bond acceptors (Lipinski definition) is 4. The molecule has 0 aliphatic heterocycles. The van der Waals surface area contributed by atoms with Crippen LogP contribution in [0.2, 0.25) is 0 Å². The average Bonchev–Trinajstić information content (AvgIpc) is 3.28. The Hall–Kier alpha value is -2.43. The lowest BCUT2D eigenvalue weighted by Crippen LogP contribution is -2.28. The number of unbranched alkanes of at least 4 members (excludes halogenated alkanes) is 6. The molecule has 2 rings (SSSR count). The van der Waals surface area contributed by atoms with Crippen molar-refractivity contribution in [2.45, 2.75) is 96.9 Å². The molecule has 5 heteroatoms. The predicted octanol–water partition coefficient (Wildman–Crippen LogP) is 6.79. The molecule has 0 spiro atoms. The Balaban J connectivity index is 1.93. The molecule has 31 heavy (non-hydrogen) atoms. The van der Waals surface area contributed by atoms with Crippen molar-refractivity contribution in [3.05, 3.63) is 42.4 Å². The molecule has 170 valence electrons. The molecule has 0 aliphatic carbocycles. The van der Waals surface area contributed by atoms with E-state index in [1.165, 1.54) is 19.3 Å². The summed E-state index contributed by atoms with van der Waals surface area (Å²) in [5.74, 6) is 1.64. The minimum absolute atomic E-state index is 0.0575. The summed E-state index contributed by atoms with van der Waals surface area (Å²) in [5.41, 5.74) is 0.973. The quantitative estimate of drug-likeness (QED) is 0.300. The fourth-order valence-corrected chi connectivity index (χ4v) is 3.62. The Morgan fingerprint density at radius 1 is 0.935 bits per heavy atom. The molecule has 1 heterocycles. The topological polar surface area (TPSA) is 72.2 Å². The molecule has 0 bridgehead atoms. The standard InChI is InChI=1S/C26H38N2O3/c1-3-5-6-7-14-19-25(30)28-23(18-13-9-12-17-22(29)4-2)26-27-20-24(31-26)21-15-10-8-11-16-21/h8,10-11,15-16,20,23H,3-7,9,12-14,17-19H2,1-2H3,(H,28,30). The summed E-state index contributed by atoms with van der Waals surface area (Å²) in [6, 6.07) is 9.63. The van der Waals surface area contributed by atoms with E-state index in [4.69, 9.17) is 4.42 Å².